The Morgan fingerprint density at radius 2 is 1.78 bits per heavy atom. The number of amides is 1. The molecule has 1 fully saturated rings. The molecule has 1 aromatic carbocycles. The van der Waals surface area contributed by atoms with E-state index >= 15 is 0 Å². The molecule has 0 radical (unpaired) electrons. The van der Waals surface area contributed by atoms with Crippen LogP contribution in [-0.2, 0) is 17.4 Å². The van der Waals surface area contributed by atoms with Crippen molar-refractivity contribution in [2.24, 2.45) is 0 Å². The van der Waals surface area contributed by atoms with Gasteiger partial charge in [0, 0.05) is 50.8 Å². The van der Waals surface area contributed by atoms with Gasteiger partial charge in [-0.25, -0.2) is 9.97 Å². The lowest BCUT2D eigenvalue weighted by atomic mass is 10.2. The van der Waals surface area contributed by atoms with E-state index in [-0.39, 0.29) is 12.3 Å². The van der Waals surface area contributed by atoms with E-state index in [9.17, 15) is 18.0 Å². The number of alkyl halides is 3. The first-order chi connectivity index (χ1) is 15.3. The van der Waals surface area contributed by atoms with Crippen molar-refractivity contribution in [1.29, 1.82) is 0 Å². The molecule has 2 aromatic heterocycles. The van der Waals surface area contributed by atoms with E-state index in [4.69, 9.17) is 16.0 Å². The summed E-state index contributed by atoms with van der Waals surface area (Å²) in [4.78, 5) is 24.3. The van der Waals surface area contributed by atoms with Crippen molar-refractivity contribution in [2.75, 3.05) is 31.1 Å². The van der Waals surface area contributed by atoms with Gasteiger partial charge >= 0.3 is 6.18 Å². The topological polar surface area (TPSA) is 62.5 Å². The van der Waals surface area contributed by atoms with E-state index in [1.54, 1.807) is 17.2 Å². The molecule has 3 aromatic rings. The summed E-state index contributed by atoms with van der Waals surface area (Å²) in [6.45, 7) is 1.94. The first-order valence-corrected chi connectivity index (χ1v) is 10.4. The third-order valence-electron chi connectivity index (χ3n) is 5.28. The maximum absolute atomic E-state index is 12.7. The summed E-state index contributed by atoms with van der Waals surface area (Å²) in [5, 5.41) is 0.562. The van der Waals surface area contributed by atoms with Crippen LogP contribution in [0.15, 0.2) is 53.2 Å². The van der Waals surface area contributed by atoms with Crippen molar-refractivity contribution < 1.29 is 22.4 Å². The summed E-state index contributed by atoms with van der Waals surface area (Å²) in [7, 11) is 0. The van der Waals surface area contributed by atoms with Crippen LogP contribution in [0.2, 0.25) is 5.02 Å². The van der Waals surface area contributed by atoms with E-state index < -0.39 is 11.7 Å². The second kappa shape index (κ2) is 9.20. The number of carbonyl (C=O) groups is 1. The van der Waals surface area contributed by atoms with Gasteiger partial charge in [-0.1, -0.05) is 23.7 Å². The molecule has 32 heavy (non-hydrogen) atoms. The van der Waals surface area contributed by atoms with Crippen molar-refractivity contribution in [2.45, 2.75) is 19.0 Å². The molecule has 0 spiro atoms. The summed E-state index contributed by atoms with van der Waals surface area (Å²) >= 11 is 6.17. The smallest absolute Gasteiger partial charge is 0.417 e. The molecule has 4 rings (SSSR count). The third kappa shape index (κ3) is 5.04. The maximum atomic E-state index is 12.7. The molecule has 0 saturated carbocycles. The predicted molar refractivity (Wildman–Crippen MR) is 113 cm³/mol. The van der Waals surface area contributed by atoms with Crippen LogP contribution >= 0.6 is 11.6 Å². The van der Waals surface area contributed by atoms with E-state index in [1.807, 2.05) is 23.1 Å². The second-order valence-corrected chi connectivity index (χ2v) is 7.78. The lowest BCUT2D eigenvalue weighted by Crippen LogP contribution is -2.49. The monoisotopic (exact) mass is 464 g/mol. The molecule has 10 heteroatoms. The molecule has 6 nitrogen and oxygen atoms in total. The number of hydrogen-bond donors (Lipinski definition) is 0. The van der Waals surface area contributed by atoms with Crippen molar-refractivity contribution in [3.05, 3.63) is 65.3 Å². The summed E-state index contributed by atoms with van der Waals surface area (Å²) in [6, 6.07) is 9.67. The minimum absolute atomic E-state index is 0.0254. The average Bonchev–Trinajstić information content (AvgIpc) is 3.26. The molecular weight excluding hydrogens is 445 g/mol. The molecule has 0 aliphatic carbocycles. The highest BCUT2D eigenvalue weighted by atomic mass is 35.5. The van der Waals surface area contributed by atoms with Gasteiger partial charge in [0.05, 0.1) is 16.8 Å². The normalized spacial score (nSPS) is 14.6. The number of benzene rings is 1. The van der Waals surface area contributed by atoms with Crippen LogP contribution in [0.1, 0.15) is 17.9 Å². The minimum Gasteiger partial charge on any atom is -0.441 e. The predicted octanol–water partition coefficient (Wildman–Crippen LogP) is 4.69. The van der Waals surface area contributed by atoms with Crippen molar-refractivity contribution in [3.8, 4) is 11.3 Å². The van der Waals surface area contributed by atoms with Crippen molar-refractivity contribution in [3.63, 3.8) is 0 Å². The van der Waals surface area contributed by atoms with Crippen LogP contribution in [0.25, 0.3) is 11.3 Å². The first-order valence-electron chi connectivity index (χ1n) is 10.1. The molecule has 1 aliphatic rings. The fourth-order valence-electron chi connectivity index (χ4n) is 3.51. The number of aromatic nitrogens is 2. The van der Waals surface area contributed by atoms with Crippen LogP contribution < -0.4 is 4.90 Å². The number of piperazine rings is 1. The van der Waals surface area contributed by atoms with Gasteiger partial charge in [0.25, 0.3) is 0 Å². The molecule has 1 amide bonds. The summed E-state index contributed by atoms with van der Waals surface area (Å²) in [5.41, 5.74) is -0.0356. The van der Waals surface area contributed by atoms with Crippen molar-refractivity contribution in [1.82, 2.24) is 14.9 Å². The number of halogens is 4. The standard InChI is InChI=1S/C22H20ClF3N4O2/c23-17-4-2-1-3-16(17)18-14-28-20(32-18)7-8-21(31)30-11-9-29(10-12-30)19-6-5-15(13-27-19)22(24,25)26/h1-6,13-14H,7-12H2. The van der Waals surface area contributed by atoms with Crippen molar-refractivity contribution >= 4 is 23.3 Å². The summed E-state index contributed by atoms with van der Waals surface area (Å²) in [6.07, 6.45) is -1.37. The molecule has 1 saturated heterocycles. The third-order valence-corrected chi connectivity index (χ3v) is 5.61. The van der Waals surface area contributed by atoms with E-state index in [2.05, 4.69) is 9.97 Å². The zero-order valence-corrected chi connectivity index (χ0v) is 17.7. The molecule has 1 aliphatic heterocycles. The highest BCUT2D eigenvalue weighted by Crippen LogP contribution is 2.30. The summed E-state index contributed by atoms with van der Waals surface area (Å²) in [5.74, 6) is 1.45. The Morgan fingerprint density at radius 3 is 2.44 bits per heavy atom. The summed E-state index contributed by atoms with van der Waals surface area (Å²) < 4.78 is 43.8. The van der Waals surface area contributed by atoms with Crippen LogP contribution in [-0.4, -0.2) is 47.0 Å². The molecule has 168 valence electrons. The van der Waals surface area contributed by atoms with Crippen LogP contribution in [0.3, 0.4) is 0 Å². The van der Waals surface area contributed by atoms with Crippen LogP contribution in [0.5, 0.6) is 0 Å². The molecule has 0 unspecified atom stereocenters. The van der Waals surface area contributed by atoms with Gasteiger partial charge in [-0.3, -0.25) is 4.79 Å². The number of oxazole rings is 1. The molecule has 3 heterocycles. The van der Waals surface area contributed by atoms with E-state index in [0.717, 1.165) is 17.8 Å². The average molecular weight is 465 g/mol. The van der Waals surface area contributed by atoms with E-state index in [0.29, 0.717) is 55.1 Å². The van der Waals surface area contributed by atoms with Gasteiger partial charge in [-0.15, -0.1) is 0 Å². The van der Waals surface area contributed by atoms with E-state index in [1.165, 1.54) is 6.07 Å². The molecule has 0 N–H and O–H groups in total. The number of hydrogen-bond acceptors (Lipinski definition) is 5. The Bertz CT molecular complexity index is 1080. The Kier molecular flexibility index (Phi) is 6.36. The highest BCUT2D eigenvalue weighted by Gasteiger charge is 2.31. The zero-order valence-electron chi connectivity index (χ0n) is 17.0. The first kappa shape index (κ1) is 22.1. The van der Waals surface area contributed by atoms with Gasteiger partial charge in [0.1, 0.15) is 5.82 Å². The Morgan fingerprint density at radius 1 is 1.03 bits per heavy atom. The number of carbonyl (C=O) groups excluding carboxylic acids is 1. The van der Waals surface area contributed by atoms with Gasteiger partial charge in [0.2, 0.25) is 5.91 Å². The van der Waals surface area contributed by atoms with Gasteiger partial charge < -0.3 is 14.2 Å². The maximum Gasteiger partial charge on any atom is 0.417 e. The Labute approximate surface area is 187 Å². The lowest BCUT2D eigenvalue weighted by Gasteiger charge is -2.35. The Hall–Kier alpha value is -3.07. The molecular formula is C22H20ClF3N4O2. The van der Waals surface area contributed by atoms with Crippen LogP contribution in [0.4, 0.5) is 19.0 Å². The number of nitrogens with zero attached hydrogens (tertiary/aromatic N) is 4. The Balaban J connectivity index is 1.28. The lowest BCUT2D eigenvalue weighted by molar-refractivity contribution is -0.137. The number of pyridine rings is 1. The zero-order chi connectivity index (χ0) is 22.7. The van der Waals surface area contributed by atoms with Gasteiger partial charge in [-0.2, -0.15) is 13.2 Å². The number of anilines is 1. The second-order valence-electron chi connectivity index (χ2n) is 7.37. The van der Waals surface area contributed by atoms with Crippen LogP contribution in [0, 0.1) is 0 Å². The molecule has 0 atom stereocenters. The minimum atomic E-state index is -4.41. The largest absolute Gasteiger partial charge is 0.441 e. The van der Waals surface area contributed by atoms with Gasteiger partial charge in [-0.05, 0) is 24.3 Å². The van der Waals surface area contributed by atoms with Gasteiger partial charge in [0.15, 0.2) is 11.7 Å². The number of rotatable bonds is 5. The highest BCUT2D eigenvalue weighted by molar-refractivity contribution is 6.33. The quantitative estimate of drug-likeness (QED) is 0.548. The fraction of sp³-hybridized carbons (Fsp3) is 0.318. The number of aryl methyl sites for hydroxylation is 1. The molecule has 0 bridgehead atoms. The SMILES string of the molecule is O=C(CCc1ncc(-c2ccccc2Cl)o1)N1CCN(c2ccc(C(F)(F)F)cn2)CC1. The fourth-order valence-corrected chi connectivity index (χ4v) is 3.74.